The largest absolute Gasteiger partial charge is 0.322 e. The molecule has 4 nitrogen and oxygen atoms in total. The number of halogens is 2. The molecule has 0 atom stereocenters. The van der Waals surface area contributed by atoms with Gasteiger partial charge in [0.1, 0.15) is 5.84 Å². The number of aromatic nitrogens is 1. The van der Waals surface area contributed by atoms with Crippen LogP contribution < -0.4 is 5.56 Å². The molecule has 0 fully saturated rings. The smallest absolute Gasteiger partial charge is 0.248 e. The molecular formula is C27H19Cl2N3O. The minimum Gasteiger partial charge on any atom is -0.322 e. The van der Waals surface area contributed by atoms with Gasteiger partial charge < -0.3 is 9.88 Å². The molecule has 1 aromatic heterocycles. The Morgan fingerprint density at radius 3 is 2.24 bits per heavy atom. The summed E-state index contributed by atoms with van der Waals surface area (Å²) in [7, 11) is 0. The fourth-order valence-corrected chi connectivity index (χ4v) is 4.69. The second kappa shape index (κ2) is 8.39. The van der Waals surface area contributed by atoms with Gasteiger partial charge in [0, 0.05) is 51.6 Å². The monoisotopic (exact) mass is 471 g/mol. The van der Waals surface area contributed by atoms with Crippen molar-refractivity contribution in [3.63, 3.8) is 0 Å². The number of H-pyrrole nitrogens is 1. The number of fused-ring (bicyclic) bond motifs is 1. The van der Waals surface area contributed by atoms with E-state index < -0.39 is 0 Å². The lowest BCUT2D eigenvalue weighted by Gasteiger charge is -2.28. The summed E-state index contributed by atoms with van der Waals surface area (Å²) in [5.41, 5.74) is 6.39. The molecule has 0 saturated heterocycles. The highest BCUT2D eigenvalue weighted by Crippen LogP contribution is 2.41. The summed E-state index contributed by atoms with van der Waals surface area (Å²) in [6.07, 6.45) is 7.88. The molecule has 6 heteroatoms. The van der Waals surface area contributed by atoms with Crippen molar-refractivity contribution in [1.82, 2.24) is 9.88 Å². The molecule has 0 aliphatic carbocycles. The Bertz CT molecular complexity index is 1490. The second-order valence-electron chi connectivity index (χ2n) is 7.80. The predicted octanol–water partition coefficient (Wildman–Crippen LogP) is 7.06. The molecule has 2 aliphatic heterocycles. The zero-order valence-electron chi connectivity index (χ0n) is 17.8. The molecule has 3 heterocycles. The van der Waals surface area contributed by atoms with Gasteiger partial charge in [0.25, 0.3) is 0 Å². The summed E-state index contributed by atoms with van der Waals surface area (Å²) < 4.78 is 0. The third-order valence-corrected chi connectivity index (χ3v) is 6.38. The lowest BCUT2D eigenvalue weighted by molar-refractivity contribution is 0.703. The van der Waals surface area contributed by atoms with Crippen LogP contribution in [0.3, 0.4) is 0 Å². The zero-order chi connectivity index (χ0) is 23.1. The van der Waals surface area contributed by atoms with Crippen molar-refractivity contribution in [2.24, 2.45) is 4.99 Å². The predicted molar refractivity (Wildman–Crippen MR) is 137 cm³/mol. The highest BCUT2D eigenvalue weighted by molar-refractivity contribution is 6.39. The summed E-state index contributed by atoms with van der Waals surface area (Å²) in [5, 5.41) is 1.11. The van der Waals surface area contributed by atoms with Gasteiger partial charge in [-0.15, -0.1) is 0 Å². The number of allylic oxidation sites excluding steroid dienone is 4. The van der Waals surface area contributed by atoms with Crippen molar-refractivity contribution in [2.75, 3.05) is 0 Å². The highest BCUT2D eigenvalue weighted by Gasteiger charge is 2.21. The SMILES string of the molecule is C=C1C=C(C)N=C2C=C(c3cccc(-c4cccc(-c5cccc(=O)[nH]5)c4Cl)c3Cl)C=CN12. The Labute approximate surface area is 201 Å². The van der Waals surface area contributed by atoms with E-state index >= 15 is 0 Å². The van der Waals surface area contributed by atoms with Gasteiger partial charge in [-0.25, -0.2) is 4.99 Å². The van der Waals surface area contributed by atoms with Gasteiger partial charge in [-0.3, -0.25) is 4.79 Å². The average molecular weight is 472 g/mol. The van der Waals surface area contributed by atoms with E-state index in [1.54, 1.807) is 6.07 Å². The van der Waals surface area contributed by atoms with Crippen LogP contribution in [-0.2, 0) is 0 Å². The van der Waals surface area contributed by atoms with Crippen molar-refractivity contribution < 1.29 is 0 Å². The van der Waals surface area contributed by atoms with E-state index in [1.807, 2.05) is 78.7 Å². The number of amidine groups is 1. The van der Waals surface area contributed by atoms with E-state index in [2.05, 4.69) is 16.6 Å². The van der Waals surface area contributed by atoms with E-state index in [4.69, 9.17) is 23.2 Å². The van der Waals surface area contributed by atoms with E-state index in [-0.39, 0.29) is 5.56 Å². The molecular weight excluding hydrogens is 453 g/mol. The van der Waals surface area contributed by atoms with Crippen LogP contribution in [0.5, 0.6) is 0 Å². The quantitative estimate of drug-likeness (QED) is 0.444. The number of rotatable bonds is 3. The first-order chi connectivity index (χ1) is 15.9. The molecule has 0 unspecified atom stereocenters. The maximum absolute atomic E-state index is 11.8. The molecule has 0 saturated carbocycles. The van der Waals surface area contributed by atoms with E-state index in [1.165, 1.54) is 6.07 Å². The third kappa shape index (κ3) is 3.88. The zero-order valence-corrected chi connectivity index (χ0v) is 19.3. The maximum Gasteiger partial charge on any atom is 0.248 e. The number of hydrogen-bond acceptors (Lipinski definition) is 3. The normalized spacial score (nSPS) is 15.1. The molecule has 0 radical (unpaired) electrons. The summed E-state index contributed by atoms with van der Waals surface area (Å²) in [6.45, 7) is 6.04. The third-order valence-electron chi connectivity index (χ3n) is 5.57. The molecule has 2 aliphatic rings. The van der Waals surface area contributed by atoms with E-state index in [0.717, 1.165) is 45.1 Å². The van der Waals surface area contributed by atoms with Crippen LogP contribution in [0.15, 0.2) is 107 Å². The summed E-state index contributed by atoms with van der Waals surface area (Å²) in [5.74, 6) is 0.798. The van der Waals surface area contributed by atoms with Crippen molar-refractivity contribution in [1.29, 1.82) is 0 Å². The lowest BCUT2D eigenvalue weighted by atomic mass is 9.95. The molecule has 33 heavy (non-hydrogen) atoms. The molecule has 0 bridgehead atoms. The Kier molecular flexibility index (Phi) is 5.41. The number of aromatic amines is 1. The van der Waals surface area contributed by atoms with Crippen LogP contribution in [0.2, 0.25) is 10.0 Å². The Morgan fingerprint density at radius 2 is 1.52 bits per heavy atom. The summed E-state index contributed by atoms with van der Waals surface area (Å²) in [4.78, 5) is 21.2. The molecule has 2 aromatic carbocycles. The first kappa shape index (κ1) is 21.3. The van der Waals surface area contributed by atoms with Crippen molar-refractivity contribution in [3.05, 3.63) is 123 Å². The Hall–Kier alpha value is -3.60. The van der Waals surface area contributed by atoms with E-state index in [0.29, 0.717) is 15.7 Å². The van der Waals surface area contributed by atoms with Gasteiger partial charge in [0.2, 0.25) is 5.56 Å². The van der Waals surface area contributed by atoms with Crippen LogP contribution in [-0.4, -0.2) is 15.7 Å². The standard InChI is InChI=1S/C27H19Cl2N3O/c1-16-14-17(2)32-13-12-18(15-24(32)30-16)19-6-3-7-20(26(19)28)21-8-4-9-22(27(21)29)23-10-5-11-25(33)31-23/h3-15H,2H2,1H3,(H,31,33). The molecule has 0 spiro atoms. The summed E-state index contributed by atoms with van der Waals surface area (Å²) in [6, 6.07) is 16.6. The van der Waals surface area contributed by atoms with Gasteiger partial charge in [-0.1, -0.05) is 72.2 Å². The van der Waals surface area contributed by atoms with E-state index in [9.17, 15) is 4.79 Å². The minimum absolute atomic E-state index is 0.183. The number of nitrogens with one attached hydrogen (secondary N) is 1. The lowest BCUT2D eigenvalue weighted by Crippen LogP contribution is -2.27. The van der Waals surface area contributed by atoms with Crippen LogP contribution in [0.1, 0.15) is 12.5 Å². The maximum atomic E-state index is 11.8. The Morgan fingerprint density at radius 1 is 0.879 bits per heavy atom. The molecule has 1 N–H and O–H groups in total. The van der Waals surface area contributed by atoms with Crippen molar-refractivity contribution in [3.8, 4) is 22.4 Å². The fraction of sp³-hybridized carbons (Fsp3) is 0.0370. The highest BCUT2D eigenvalue weighted by atomic mass is 35.5. The first-order valence-electron chi connectivity index (χ1n) is 10.3. The van der Waals surface area contributed by atoms with Crippen LogP contribution in [0.4, 0.5) is 0 Å². The number of benzene rings is 2. The number of hydrogen-bond donors (Lipinski definition) is 1. The van der Waals surface area contributed by atoms with Gasteiger partial charge in [0.05, 0.1) is 10.0 Å². The first-order valence-corrected chi connectivity index (χ1v) is 11.1. The minimum atomic E-state index is -0.183. The molecule has 5 rings (SSSR count). The van der Waals surface area contributed by atoms with Gasteiger partial charge in [-0.05, 0) is 36.8 Å². The van der Waals surface area contributed by atoms with Gasteiger partial charge in [0.15, 0.2) is 0 Å². The second-order valence-corrected chi connectivity index (χ2v) is 8.55. The van der Waals surface area contributed by atoms with Crippen LogP contribution >= 0.6 is 23.2 Å². The van der Waals surface area contributed by atoms with Crippen LogP contribution in [0, 0.1) is 0 Å². The average Bonchev–Trinajstić information content (AvgIpc) is 2.79. The number of nitrogens with zero attached hydrogens (tertiary/aromatic N) is 2. The van der Waals surface area contributed by atoms with Gasteiger partial charge >= 0.3 is 0 Å². The molecule has 0 amide bonds. The number of aliphatic imine (C=N–C) groups is 1. The fourth-order valence-electron chi connectivity index (χ4n) is 4.02. The van der Waals surface area contributed by atoms with Crippen LogP contribution in [0.25, 0.3) is 28.0 Å². The molecule has 162 valence electrons. The van der Waals surface area contributed by atoms with Gasteiger partial charge in [-0.2, -0.15) is 0 Å². The summed E-state index contributed by atoms with van der Waals surface area (Å²) >= 11 is 13.7. The van der Waals surface area contributed by atoms with Crippen molar-refractivity contribution >= 4 is 34.6 Å². The Balaban J connectivity index is 1.60. The molecule has 3 aromatic rings. The topological polar surface area (TPSA) is 48.5 Å². The number of pyridine rings is 1. The van der Waals surface area contributed by atoms with Crippen molar-refractivity contribution in [2.45, 2.75) is 6.92 Å².